The van der Waals surface area contributed by atoms with Crippen LogP contribution in [0.4, 0.5) is 0 Å². The van der Waals surface area contributed by atoms with E-state index in [-0.39, 0.29) is 42.7 Å². The monoisotopic (exact) mass is 381 g/mol. The van der Waals surface area contributed by atoms with Crippen molar-refractivity contribution < 1.29 is 9.90 Å². The van der Waals surface area contributed by atoms with Gasteiger partial charge in [-0.2, -0.15) is 0 Å². The summed E-state index contributed by atoms with van der Waals surface area (Å²) < 4.78 is 0. The molecule has 0 aromatic carbocycles. The van der Waals surface area contributed by atoms with Gasteiger partial charge in [0.05, 0.1) is 11.0 Å². The molecule has 22 heavy (non-hydrogen) atoms. The van der Waals surface area contributed by atoms with Crippen LogP contribution in [-0.2, 0) is 0 Å². The van der Waals surface area contributed by atoms with Crippen LogP contribution < -0.4 is 10.6 Å². The number of aliphatic hydroxyl groups excluding tert-OH is 1. The van der Waals surface area contributed by atoms with Crippen molar-refractivity contribution in [2.75, 3.05) is 19.6 Å². The van der Waals surface area contributed by atoms with E-state index < -0.39 is 0 Å². The Balaban J connectivity index is 0.00000121. The van der Waals surface area contributed by atoms with Gasteiger partial charge in [-0.1, -0.05) is 6.07 Å². The van der Waals surface area contributed by atoms with Crippen molar-refractivity contribution in [3.8, 4) is 9.88 Å². The lowest BCUT2D eigenvalue weighted by atomic mass is 10.1. The number of hydrogen-bond donors (Lipinski definition) is 3. The molecule has 0 radical (unpaired) electrons. The van der Waals surface area contributed by atoms with Crippen molar-refractivity contribution in [1.29, 1.82) is 0 Å². The minimum Gasteiger partial charge on any atom is -0.391 e. The fraction of sp³-hybridized carbons (Fsp3) is 0.385. The molecule has 1 aliphatic heterocycles. The average molecular weight is 382 g/mol. The first-order valence-corrected chi connectivity index (χ1v) is 8.16. The quantitative estimate of drug-likeness (QED) is 0.757. The maximum absolute atomic E-state index is 12.0. The molecular formula is C13H17Cl2N3O2S2. The van der Waals surface area contributed by atoms with Gasteiger partial charge in [-0.05, 0) is 11.4 Å². The molecule has 3 rings (SSSR count). The summed E-state index contributed by atoms with van der Waals surface area (Å²) in [5, 5.41) is 20.2. The third-order valence-corrected chi connectivity index (χ3v) is 5.18. The van der Waals surface area contributed by atoms with Gasteiger partial charge in [0.25, 0.3) is 5.91 Å². The van der Waals surface area contributed by atoms with E-state index in [9.17, 15) is 9.90 Å². The van der Waals surface area contributed by atoms with Crippen LogP contribution in [0.3, 0.4) is 0 Å². The number of nitrogens with one attached hydrogen (secondary N) is 2. The maximum Gasteiger partial charge on any atom is 0.270 e. The molecule has 0 saturated carbocycles. The van der Waals surface area contributed by atoms with Crippen LogP contribution in [0.15, 0.2) is 22.9 Å². The van der Waals surface area contributed by atoms with E-state index in [1.165, 1.54) is 11.3 Å². The number of thiophene rings is 1. The third kappa shape index (κ3) is 4.41. The Kier molecular flexibility index (Phi) is 7.75. The number of aliphatic hydroxyl groups is 1. The van der Waals surface area contributed by atoms with Crippen molar-refractivity contribution >= 4 is 53.4 Å². The number of carbonyl (C=O) groups is 1. The fourth-order valence-electron chi connectivity index (χ4n) is 2.13. The molecule has 9 heteroatoms. The Morgan fingerprint density at radius 3 is 2.86 bits per heavy atom. The smallest absolute Gasteiger partial charge is 0.270 e. The van der Waals surface area contributed by atoms with Crippen LogP contribution in [-0.4, -0.2) is 41.7 Å². The van der Waals surface area contributed by atoms with Crippen molar-refractivity contribution in [3.63, 3.8) is 0 Å². The number of β-amino-alcohol motifs (C(OH)–C–C–N with tert-alkyl or cyclic N) is 1. The molecule has 2 aromatic rings. The molecule has 1 aliphatic rings. The summed E-state index contributed by atoms with van der Waals surface area (Å²) >= 11 is 3.08. The van der Waals surface area contributed by atoms with Gasteiger partial charge in [0, 0.05) is 30.9 Å². The van der Waals surface area contributed by atoms with Gasteiger partial charge in [-0.25, -0.2) is 4.98 Å². The lowest BCUT2D eigenvalue weighted by molar-refractivity contribution is 0.0923. The Bertz CT molecular complexity index is 592. The molecule has 3 heterocycles. The molecule has 1 amide bonds. The van der Waals surface area contributed by atoms with Crippen LogP contribution in [0.2, 0.25) is 0 Å². The van der Waals surface area contributed by atoms with Crippen LogP contribution in [0.25, 0.3) is 9.88 Å². The molecule has 3 N–H and O–H groups in total. The number of thiazole rings is 1. The van der Waals surface area contributed by atoms with E-state index in [2.05, 4.69) is 15.6 Å². The second-order valence-corrected chi connectivity index (χ2v) is 6.52. The van der Waals surface area contributed by atoms with Gasteiger partial charge in [0.15, 0.2) is 0 Å². The van der Waals surface area contributed by atoms with E-state index in [0.29, 0.717) is 18.8 Å². The van der Waals surface area contributed by atoms with E-state index in [1.54, 1.807) is 16.7 Å². The minimum absolute atomic E-state index is 0. The number of rotatable bonds is 4. The van der Waals surface area contributed by atoms with E-state index in [1.807, 2.05) is 17.5 Å². The highest BCUT2D eigenvalue weighted by Gasteiger charge is 2.25. The van der Waals surface area contributed by atoms with Crippen molar-refractivity contribution in [2.45, 2.75) is 6.10 Å². The summed E-state index contributed by atoms with van der Waals surface area (Å²) in [6.07, 6.45) is -0.382. The van der Waals surface area contributed by atoms with Crippen LogP contribution in [0, 0.1) is 5.92 Å². The first-order chi connectivity index (χ1) is 9.74. The zero-order chi connectivity index (χ0) is 13.9. The highest BCUT2D eigenvalue weighted by molar-refractivity contribution is 7.20. The first-order valence-electron chi connectivity index (χ1n) is 6.40. The molecule has 122 valence electrons. The number of halogens is 2. The van der Waals surface area contributed by atoms with Crippen LogP contribution in [0.1, 0.15) is 10.5 Å². The number of hydrogen-bond acceptors (Lipinski definition) is 6. The molecule has 2 atom stereocenters. The van der Waals surface area contributed by atoms with Crippen LogP contribution in [0.5, 0.6) is 0 Å². The van der Waals surface area contributed by atoms with Gasteiger partial charge >= 0.3 is 0 Å². The predicted molar refractivity (Wildman–Crippen MR) is 94.6 cm³/mol. The lowest BCUT2D eigenvalue weighted by Crippen LogP contribution is -2.34. The molecule has 2 aromatic heterocycles. The SMILES string of the molecule is Cl.Cl.O=C(NCC1CNCC1O)c1csc(-c2cccs2)n1. The third-order valence-electron chi connectivity index (χ3n) is 3.30. The van der Waals surface area contributed by atoms with Gasteiger partial charge in [-0.3, -0.25) is 4.79 Å². The largest absolute Gasteiger partial charge is 0.391 e. The van der Waals surface area contributed by atoms with Gasteiger partial charge in [-0.15, -0.1) is 47.5 Å². The number of carbonyl (C=O) groups excluding carboxylic acids is 1. The fourth-order valence-corrected chi connectivity index (χ4v) is 3.75. The molecule has 0 aliphatic carbocycles. The van der Waals surface area contributed by atoms with E-state index >= 15 is 0 Å². The van der Waals surface area contributed by atoms with Crippen molar-refractivity contribution in [2.24, 2.45) is 5.92 Å². The summed E-state index contributed by atoms with van der Waals surface area (Å²) in [6, 6.07) is 3.96. The van der Waals surface area contributed by atoms with Crippen molar-refractivity contribution in [1.82, 2.24) is 15.6 Å². The van der Waals surface area contributed by atoms with E-state index in [4.69, 9.17) is 0 Å². The van der Waals surface area contributed by atoms with E-state index in [0.717, 1.165) is 16.4 Å². The molecular weight excluding hydrogens is 365 g/mol. The number of nitrogens with zero attached hydrogens (tertiary/aromatic N) is 1. The first kappa shape index (κ1) is 19.3. The maximum atomic E-state index is 12.0. The Hall–Kier alpha value is -0.700. The minimum atomic E-state index is -0.382. The molecule has 1 saturated heterocycles. The second kappa shape index (κ2) is 8.81. The van der Waals surface area contributed by atoms with Gasteiger partial charge in [0.1, 0.15) is 10.7 Å². The Labute approximate surface area is 149 Å². The van der Waals surface area contributed by atoms with Crippen LogP contribution >= 0.6 is 47.5 Å². The molecule has 0 spiro atoms. The Morgan fingerprint density at radius 1 is 1.41 bits per heavy atom. The summed E-state index contributed by atoms with van der Waals surface area (Å²) in [5.41, 5.74) is 0.443. The molecule has 0 bridgehead atoms. The Morgan fingerprint density at radius 2 is 2.23 bits per heavy atom. The number of amides is 1. The molecule has 5 nitrogen and oxygen atoms in total. The predicted octanol–water partition coefficient (Wildman–Crippen LogP) is 2.03. The number of aromatic nitrogens is 1. The zero-order valence-corrected chi connectivity index (χ0v) is 14.8. The van der Waals surface area contributed by atoms with Gasteiger partial charge in [0.2, 0.25) is 0 Å². The lowest BCUT2D eigenvalue weighted by Gasteiger charge is -2.13. The molecule has 2 unspecified atom stereocenters. The summed E-state index contributed by atoms with van der Waals surface area (Å²) in [6.45, 7) is 1.80. The van der Waals surface area contributed by atoms with Gasteiger partial charge < -0.3 is 15.7 Å². The zero-order valence-electron chi connectivity index (χ0n) is 11.5. The summed E-state index contributed by atoms with van der Waals surface area (Å²) in [7, 11) is 0. The summed E-state index contributed by atoms with van der Waals surface area (Å²) in [5.74, 6) is -0.0995. The topological polar surface area (TPSA) is 74.2 Å². The highest BCUT2D eigenvalue weighted by Crippen LogP contribution is 2.27. The highest BCUT2D eigenvalue weighted by atomic mass is 35.5. The second-order valence-electron chi connectivity index (χ2n) is 4.71. The standard InChI is InChI=1S/C13H15N3O2S2.2ClH/c17-10-6-14-4-8(10)5-15-12(18)9-7-20-13(16-9)11-2-1-3-19-11;;/h1-3,7-8,10,14,17H,4-6H2,(H,15,18);2*1H. The molecule has 1 fully saturated rings. The normalized spacial score (nSPS) is 20.0. The summed E-state index contributed by atoms with van der Waals surface area (Å²) in [4.78, 5) is 17.5. The van der Waals surface area contributed by atoms with Crippen molar-refractivity contribution in [3.05, 3.63) is 28.6 Å². The average Bonchev–Trinajstić information content (AvgIpc) is 3.17.